The average molecular weight is 339 g/mol. The van der Waals surface area contributed by atoms with E-state index in [0.29, 0.717) is 37.2 Å². The Morgan fingerprint density at radius 1 is 1.32 bits per heavy atom. The highest BCUT2D eigenvalue weighted by Crippen LogP contribution is 2.25. The minimum Gasteiger partial charge on any atom is -0.377 e. The fourth-order valence-electron chi connectivity index (χ4n) is 2.85. The summed E-state index contributed by atoms with van der Waals surface area (Å²) >= 11 is 0. The van der Waals surface area contributed by atoms with Gasteiger partial charge in [-0.15, -0.1) is 0 Å². The molecule has 0 aliphatic carbocycles. The molecule has 25 heavy (non-hydrogen) atoms. The molecule has 8 nitrogen and oxygen atoms in total. The molecule has 0 bridgehead atoms. The van der Waals surface area contributed by atoms with Gasteiger partial charge < -0.3 is 14.2 Å². The zero-order valence-corrected chi connectivity index (χ0v) is 13.7. The van der Waals surface area contributed by atoms with E-state index in [4.69, 9.17) is 9.26 Å². The zero-order valence-electron chi connectivity index (χ0n) is 13.7. The predicted octanol–water partition coefficient (Wildman–Crippen LogP) is 1.98. The molecule has 1 amide bonds. The molecule has 0 spiro atoms. The summed E-state index contributed by atoms with van der Waals surface area (Å²) in [4.78, 5) is 18.9. The molecule has 8 heteroatoms. The highest BCUT2D eigenvalue weighted by Gasteiger charge is 2.33. The maximum Gasteiger partial charge on any atom is 0.272 e. The Labute approximate surface area is 143 Å². The number of carbonyl (C=O) groups is 1. The van der Waals surface area contributed by atoms with Crippen LogP contribution in [0, 0.1) is 6.92 Å². The van der Waals surface area contributed by atoms with Crippen molar-refractivity contribution in [3.63, 3.8) is 0 Å². The lowest BCUT2D eigenvalue weighted by atomic mass is 10.1. The van der Waals surface area contributed by atoms with Crippen LogP contribution in [0.1, 0.15) is 28.2 Å². The third-order valence-electron chi connectivity index (χ3n) is 4.11. The van der Waals surface area contributed by atoms with Gasteiger partial charge in [-0.25, -0.2) is 0 Å². The molecule has 1 atom stereocenters. The van der Waals surface area contributed by atoms with Gasteiger partial charge in [0.15, 0.2) is 5.82 Å². The van der Waals surface area contributed by atoms with Gasteiger partial charge >= 0.3 is 0 Å². The lowest BCUT2D eigenvalue weighted by molar-refractivity contribution is -0.00607. The number of nitrogens with zero attached hydrogens (tertiary/aromatic N) is 4. The van der Waals surface area contributed by atoms with Crippen LogP contribution >= 0.6 is 0 Å². The van der Waals surface area contributed by atoms with Crippen LogP contribution in [0.5, 0.6) is 0 Å². The molecule has 0 unspecified atom stereocenters. The minimum absolute atomic E-state index is 0.162. The molecule has 1 fully saturated rings. The van der Waals surface area contributed by atoms with E-state index in [1.807, 2.05) is 30.3 Å². The number of rotatable bonds is 3. The second-order valence-corrected chi connectivity index (χ2v) is 5.79. The quantitative estimate of drug-likeness (QED) is 0.784. The number of amides is 1. The maximum absolute atomic E-state index is 12.9. The van der Waals surface area contributed by atoms with Gasteiger partial charge in [0.05, 0.1) is 18.9 Å². The first-order valence-corrected chi connectivity index (χ1v) is 8.02. The molecule has 1 aliphatic heterocycles. The lowest BCUT2D eigenvalue weighted by Gasteiger charge is -2.33. The number of H-pyrrole nitrogens is 1. The van der Waals surface area contributed by atoms with Gasteiger partial charge in [0, 0.05) is 19.0 Å². The van der Waals surface area contributed by atoms with E-state index in [0.717, 1.165) is 11.3 Å². The molecule has 0 radical (unpaired) electrons. The van der Waals surface area contributed by atoms with Crippen LogP contribution in [0.2, 0.25) is 0 Å². The Balaban J connectivity index is 1.60. The fraction of sp³-hybridized carbons (Fsp3) is 0.294. The summed E-state index contributed by atoms with van der Waals surface area (Å²) in [6.07, 6.45) is 0. The first kappa shape index (κ1) is 15.5. The molecule has 3 aromatic rings. The van der Waals surface area contributed by atoms with Crippen molar-refractivity contribution < 1.29 is 14.1 Å². The minimum atomic E-state index is -0.373. The van der Waals surface area contributed by atoms with Gasteiger partial charge in [0.1, 0.15) is 11.7 Å². The molecule has 1 N–H and O–H groups in total. The van der Waals surface area contributed by atoms with E-state index in [1.165, 1.54) is 0 Å². The first-order chi connectivity index (χ1) is 12.2. The van der Waals surface area contributed by atoms with Gasteiger partial charge in [-0.3, -0.25) is 9.89 Å². The summed E-state index contributed by atoms with van der Waals surface area (Å²) in [5.41, 5.74) is 2.10. The van der Waals surface area contributed by atoms with Crippen molar-refractivity contribution >= 4 is 5.91 Å². The Morgan fingerprint density at radius 3 is 2.92 bits per heavy atom. The van der Waals surface area contributed by atoms with Crippen LogP contribution in [-0.2, 0) is 4.74 Å². The average Bonchev–Trinajstić information content (AvgIpc) is 3.31. The molecule has 3 heterocycles. The summed E-state index contributed by atoms with van der Waals surface area (Å²) in [6, 6.07) is 11.1. The number of aromatic nitrogens is 4. The topological polar surface area (TPSA) is 97.1 Å². The van der Waals surface area contributed by atoms with E-state index in [-0.39, 0.29) is 11.9 Å². The Hall–Kier alpha value is -3.00. The maximum atomic E-state index is 12.9. The van der Waals surface area contributed by atoms with Gasteiger partial charge in [0.25, 0.3) is 5.91 Å². The Morgan fingerprint density at radius 2 is 2.16 bits per heavy atom. The summed E-state index contributed by atoms with van der Waals surface area (Å²) in [5.74, 6) is 0.750. The monoisotopic (exact) mass is 339 g/mol. The van der Waals surface area contributed by atoms with Crippen LogP contribution in [0.4, 0.5) is 0 Å². The first-order valence-electron chi connectivity index (χ1n) is 8.02. The van der Waals surface area contributed by atoms with Crippen LogP contribution in [0.15, 0.2) is 40.9 Å². The van der Waals surface area contributed by atoms with Crippen molar-refractivity contribution in [1.29, 1.82) is 0 Å². The highest BCUT2D eigenvalue weighted by atomic mass is 16.5. The SMILES string of the molecule is Cc1nc([C@H]2COCCN2C(=O)c2cc(-c3ccccc3)n[nH]2)no1. The largest absolute Gasteiger partial charge is 0.377 e. The number of hydrogen-bond donors (Lipinski definition) is 1. The highest BCUT2D eigenvalue weighted by molar-refractivity contribution is 5.93. The van der Waals surface area contributed by atoms with Crippen molar-refractivity contribution in [3.05, 3.63) is 53.8 Å². The number of hydrogen-bond acceptors (Lipinski definition) is 6. The van der Waals surface area contributed by atoms with E-state index < -0.39 is 0 Å². The standard InChI is InChI=1S/C17H17N5O3/c1-11-18-16(21-25-11)15-10-24-8-7-22(15)17(23)14-9-13(19-20-14)12-5-3-2-4-6-12/h2-6,9,15H,7-8,10H2,1H3,(H,19,20)/t15-/m1/s1. The summed E-state index contributed by atoms with van der Waals surface area (Å²) in [5, 5.41) is 11.0. The number of carbonyl (C=O) groups excluding carboxylic acids is 1. The molecule has 128 valence electrons. The van der Waals surface area contributed by atoms with E-state index >= 15 is 0 Å². The molecule has 2 aromatic heterocycles. The zero-order chi connectivity index (χ0) is 17.2. The molecule has 4 rings (SSSR count). The van der Waals surface area contributed by atoms with Gasteiger partial charge in [-0.1, -0.05) is 35.5 Å². The smallest absolute Gasteiger partial charge is 0.272 e. The second-order valence-electron chi connectivity index (χ2n) is 5.79. The van der Waals surface area contributed by atoms with E-state index in [9.17, 15) is 4.79 Å². The fourth-order valence-corrected chi connectivity index (χ4v) is 2.85. The van der Waals surface area contributed by atoms with Gasteiger partial charge in [-0.05, 0) is 6.07 Å². The van der Waals surface area contributed by atoms with Crippen LogP contribution in [-0.4, -0.2) is 50.9 Å². The molecular weight excluding hydrogens is 322 g/mol. The lowest BCUT2D eigenvalue weighted by Crippen LogP contribution is -2.44. The molecular formula is C17H17N5O3. The van der Waals surface area contributed by atoms with Crippen molar-refractivity contribution in [3.8, 4) is 11.3 Å². The van der Waals surface area contributed by atoms with Crippen molar-refractivity contribution in [1.82, 2.24) is 25.2 Å². The molecule has 1 saturated heterocycles. The van der Waals surface area contributed by atoms with Crippen molar-refractivity contribution in [2.24, 2.45) is 0 Å². The van der Waals surface area contributed by atoms with Crippen LogP contribution < -0.4 is 0 Å². The Kier molecular flexibility index (Phi) is 4.02. The number of aryl methyl sites for hydroxylation is 1. The van der Waals surface area contributed by atoms with Crippen LogP contribution in [0.3, 0.4) is 0 Å². The molecule has 1 aromatic carbocycles. The second kappa shape index (κ2) is 6.48. The third-order valence-corrected chi connectivity index (χ3v) is 4.11. The summed E-state index contributed by atoms with van der Waals surface area (Å²) in [6.45, 7) is 2.98. The summed E-state index contributed by atoms with van der Waals surface area (Å²) in [7, 11) is 0. The molecule has 1 aliphatic rings. The number of ether oxygens (including phenoxy) is 1. The van der Waals surface area contributed by atoms with Crippen molar-refractivity contribution in [2.75, 3.05) is 19.8 Å². The van der Waals surface area contributed by atoms with Gasteiger partial charge in [-0.2, -0.15) is 10.1 Å². The summed E-state index contributed by atoms with van der Waals surface area (Å²) < 4.78 is 10.5. The number of nitrogens with one attached hydrogen (secondary N) is 1. The van der Waals surface area contributed by atoms with E-state index in [2.05, 4.69) is 20.3 Å². The normalized spacial score (nSPS) is 17.6. The third kappa shape index (κ3) is 3.03. The molecule has 0 saturated carbocycles. The Bertz CT molecular complexity index is 873. The predicted molar refractivity (Wildman–Crippen MR) is 87.7 cm³/mol. The van der Waals surface area contributed by atoms with Gasteiger partial charge in [0.2, 0.25) is 5.89 Å². The van der Waals surface area contributed by atoms with Crippen molar-refractivity contribution in [2.45, 2.75) is 13.0 Å². The van der Waals surface area contributed by atoms with E-state index in [1.54, 1.807) is 17.9 Å². The number of morpholine rings is 1. The number of aromatic amines is 1. The van der Waals surface area contributed by atoms with Crippen LogP contribution in [0.25, 0.3) is 11.3 Å². The number of benzene rings is 1.